The van der Waals surface area contributed by atoms with E-state index < -0.39 is 0 Å². The predicted molar refractivity (Wildman–Crippen MR) is 57.3 cm³/mol. The highest BCUT2D eigenvalue weighted by Gasteiger charge is 2.46. The van der Waals surface area contributed by atoms with Crippen molar-refractivity contribution < 1.29 is 9.47 Å². The fourth-order valence-corrected chi connectivity index (χ4v) is 2.11. The van der Waals surface area contributed by atoms with Crippen LogP contribution in [0.2, 0.25) is 0 Å². The van der Waals surface area contributed by atoms with Crippen molar-refractivity contribution in [2.45, 2.75) is 31.2 Å². The maximum absolute atomic E-state index is 5.68. The van der Waals surface area contributed by atoms with Gasteiger partial charge in [0.05, 0.1) is 6.26 Å². The SMILES string of the molecule is C1=CO[C@H]([C@@H]2O[C@H]2c2ccccc2)CC1. The van der Waals surface area contributed by atoms with Gasteiger partial charge in [0.25, 0.3) is 0 Å². The fourth-order valence-electron chi connectivity index (χ4n) is 2.11. The smallest absolute Gasteiger partial charge is 0.127 e. The van der Waals surface area contributed by atoms with E-state index in [1.54, 1.807) is 6.26 Å². The zero-order chi connectivity index (χ0) is 10.1. The molecular formula is C13H14O2. The third kappa shape index (κ3) is 1.77. The largest absolute Gasteiger partial charge is 0.496 e. The molecular weight excluding hydrogens is 188 g/mol. The second kappa shape index (κ2) is 3.70. The lowest BCUT2D eigenvalue weighted by molar-refractivity contribution is 0.0939. The van der Waals surface area contributed by atoms with E-state index in [9.17, 15) is 0 Å². The molecule has 2 heteroatoms. The van der Waals surface area contributed by atoms with Gasteiger partial charge in [-0.25, -0.2) is 0 Å². The molecule has 0 amide bonds. The molecule has 0 N–H and O–H groups in total. The zero-order valence-corrected chi connectivity index (χ0v) is 8.50. The maximum Gasteiger partial charge on any atom is 0.127 e. The number of hydrogen-bond acceptors (Lipinski definition) is 2. The van der Waals surface area contributed by atoms with E-state index in [4.69, 9.17) is 9.47 Å². The van der Waals surface area contributed by atoms with Gasteiger partial charge in [-0.1, -0.05) is 30.3 Å². The van der Waals surface area contributed by atoms with Gasteiger partial charge in [-0.3, -0.25) is 0 Å². The minimum atomic E-state index is 0.250. The van der Waals surface area contributed by atoms with Gasteiger partial charge >= 0.3 is 0 Å². The summed E-state index contributed by atoms with van der Waals surface area (Å²) in [5.41, 5.74) is 1.26. The highest BCUT2D eigenvalue weighted by molar-refractivity contribution is 5.23. The summed E-state index contributed by atoms with van der Waals surface area (Å²) < 4.78 is 11.2. The highest BCUT2D eigenvalue weighted by atomic mass is 16.6. The summed E-state index contributed by atoms with van der Waals surface area (Å²) in [6.07, 6.45) is 6.81. The van der Waals surface area contributed by atoms with E-state index in [-0.39, 0.29) is 18.3 Å². The molecule has 0 saturated carbocycles. The second-order valence-corrected chi connectivity index (χ2v) is 4.06. The lowest BCUT2D eigenvalue weighted by Gasteiger charge is -2.17. The molecule has 0 unspecified atom stereocenters. The number of benzene rings is 1. The Morgan fingerprint density at radius 1 is 1.13 bits per heavy atom. The van der Waals surface area contributed by atoms with E-state index in [2.05, 4.69) is 30.3 Å². The van der Waals surface area contributed by atoms with E-state index in [1.165, 1.54) is 5.56 Å². The average Bonchev–Trinajstić information content (AvgIpc) is 3.11. The average molecular weight is 202 g/mol. The zero-order valence-electron chi connectivity index (χ0n) is 8.50. The predicted octanol–water partition coefficient (Wildman–Crippen LogP) is 2.82. The van der Waals surface area contributed by atoms with Crippen molar-refractivity contribution >= 4 is 0 Å². The van der Waals surface area contributed by atoms with Gasteiger partial charge in [0.1, 0.15) is 18.3 Å². The van der Waals surface area contributed by atoms with E-state index in [1.807, 2.05) is 6.07 Å². The van der Waals surface area contributed by atoms with Crippen molar-refractivity contribution in [3.05, 3.63) is 48.2 Å². The van der Waals surface area contributed by atoms with Gasteiger partial charge in [0, 0.05) is 0 Å². The molecule has 2 aliphatic rings. The summed E-state index contributed by atoms with van der Waals surface area (Å²) in [5.74, 6) is 0. The molecule has 1 saturated heterocycles. The molecule has 2 nitrogen and oxygen atoms in total. The van der Waals surface area contributed by atoms with Crippen molar-refractivity contribution in [1.29, 1.82) is 0 Å². The Labute approximate surface area is 89.5 Å². The monoisotopic (exact) mass is 202 g/mol. The van der Waals surface area contributed by atoms with E-state index >= 15 is 0 Å². The van der Waals surface area contributed by atoms with Crippen molar-refractivity contribution in [2.24, 2.45) is 0 Å². The quantitative estimate of drug-likeness (QED) is 0.688. The highest BCUT2D eigenvalue weighted by Crippen LogP contribution is 2.43. The van der Waals surface area contributed by atoms with Crippen molar-refractivity contribution in [3.63, 3.8) is 0 Å². The van der Waals surface area contributed by atoms with Crippen LogP contribution in [0.1, 0.15) is 24.5 Å². The Morgan fingerprint density at radius 3 is 2.73 bits per heavy atom. The molecule has 0 spiro atoms. The standard InChI is InChI=1S/C13H14O2/c1-2-6-10(7-3-1)12-13(15-12)11-8-4-5-9-14-11/h1-3,5-7,9,11-13H,4,8H2/t11-,12-,13-/m0/s1. The lowest BCUT2D eigenvalue weighted by Crippen LogP contribution is -2.19. The van der Waals surface area contributed by atoms with Crippen molar-refractivity contribution in [3.8, 4) is 0 Å². The first-order valence-electron chi connectivity index (χ1n) is 5.46. The summed E-state index contributed by atoms with van der Waals surface area (Å²) in [7, 11) is 0. The Hall–Kier alpha value is -1.28. The van der Waals surface area contributed by atoms with Crippen LogP contribution in [0, 0.1) is 0 Å². The first-order valence-corrected chi connectivity index (χ1v) is 5.46. The summed E-state index contributed by atoms with van der Waals surface area (Å²) in [6.45, 7) is 0. The first-order chi connectivity index (χ1) is 7.45. The molecule has 78 valence electrons. The number of allylic oxidation sites excluding steroid dienone is 1. The molecule has 1 aromatic rings. The van der Waals surface area contributed by atoms with Gasteiger partial charge < -0.3 is 9.47 Å². The first kappa shape index (κ1) is 8.98. The third-order valence-corrected chi connectivity index (χ3v) is 2.99. The Bertz CT molecular complexity index is 358. The summed E-state index contributed by atoms with van der Waals surface area (Å²) >= 11 is 0. The van der Waals surface area contributed by atoms with Gasteiger partial charge in [-0.15, -0.1) is 0 Å². The molecule has 3 atom stereocenters. The van der Waals surface area contributed by atoms with E-state index in [0.29, 0.717) is 0 Å². The number of ether oxygens (including phenoxy) is 2. The van der Waals surface area contributed by atoms with Crippen LogP contribution in [-0.4, -0.2) is 12.2 Å². The molecule has 1 aromatic carbocycles. The molecule has 1 fully saturated rings. The van der Waals surface area contributed by atoms with Crippen LogP contribution in [0.25, 0.3) is 0 Å². The maximum atomic E-state index is 5.68. The molecule has 2 aliphatic heterocycles. The Balaban J connectivity index is 1.67. The summed E-state index contributed by atoms with van der Waals surface area (Å²) in [5, 5.41) is 0. The van der Waals surface area contributed by atoms with Gasteiger partial charge in [0.2, 0.25) is 0 Å². The molecule has 0 radical (unpaired) electrons. The van der Waals surface area contributed by atoms with Crippen molar-refractivity contribution in [2.75, 3.05) is 0 Å². The van der Waals surface area contributed by atoms with Crippen LogP contribution in [0.3, 0.4) is 0 Å². The molecule has 15 heavy (non-hydrogen) atoms. The fraction of sp³-hybridized carbons (Fsp3) is 0.385. The van der Waals surface area contributed by atoms with Crippen LogP contribution in [0.15, 0.2) is 42.7 Å². The van der Waals surface area contributed by atoms with Crippen molar-refractivity contribution in [1.82, 2.24) is 0 Å². The minimum absolute atomic E-state index is 0.250. The molecule has 0 aliphatic carbocycles. The molecule has 0 aromatic heterocycles. The minimum Gasteiger partial charge on any atom is -0.496 e. The number of epoxide rings is 1. The van der Waals surface area contributed by atoms with Crippen LogP contribution in [0.5, 0.6) is 0 Å². The summed E-state index contributed by atoms with van der Waals surface area (Å²) in [6, 6.07) is 10.4. The number of rotatable bonds is 2. The van der Waals surface area contributed by atoms with E-state index in [0.717, 1.165) is 12.8 Å². The van der Waals surface area contributed by atoms with Gasteiger partial charge in [0.15, 0.2) is 0 Å². The normalized spacial score (nSPS) is 33.5. The Kier molecular flexibility index (Phi) is 2.22. The topological polar surface area (TPSA) is 21.8 Å². The van der Waals surface area contributed by atoms with Crippen LogP contribution < -0.4 is 0 Å². The molecule has 3 rings (SSSR count). The number of hydrogen-bond donors (Lipinski definition) is 0. The second-order valence-electron chi connectivity index (χ2n) is 4.06. The molecule has 0 bridgehead atoms. The molecule has 2 heterocycles. The Morgan fingerprint density at radius 2 is 2.00 bits per heavy atom. The van der Waals surface area contributed by atoms with Gasteiger partial charge in [-0.05, 0) is 24.5 Å². The van der Waals surface area contributed by atoms with Crippen LogP contribution in [0.4, 0.5) is 0 Å². The summed E-state index contributed by atoms with van der Waals surface area (Å²) in [4.78, 5) is 0. The van der Waals surface area contributed by atoms with Crippen LogP contribution >= 0.6 is 0 Å². The van der Waals surface area contributed by atoms with Crippen LogP contribution in [-0.2, 0) is 9.47 Å². The lowest BCUT2D eigenvalue weighted by atomic mass is 10.0. The third-order valence-electron chi connectivity index (χ3n) is 2.99. The van der Waals surface area contributed by atoms with Gasteiger partial charge in [-0.2, -0.15) is 0 Å².